The van der Waals surface area contributed by atoms with Gasteiger partial charge in [-0.25, -0.2) is 9.78 Å². The molecule has 8 heteroatoms. The van der Waals surface area contributed by atoms with E-state index in [1.807, 2.05) is 12.1 Å². The van der Waals surface area contributed by atoms with Crippen molar-refractivity contribution in [3.05, 3.63) is 95.0 Å². The first kappa shape index (κ1) is 26.5. The molecule has 2 saturated carbocycles. The lowest BCUT2D eigenvalue weighted by Gasteiger charge is -2.19. The number of hydrogen-bond acceptors (Lipinski definition) is 6. The molecule has 2 aliphatic carbocycles. The average Bonchev–Trinajstić information content (AvgIpc) is 3.69. The molecule has 2 heterocycles. The Balaban J connectivity index is 1.21. The zero-order valence-electron chi connectivity index (χ0n) is 22.8. The summed E-state index contributed by atoms with van der Waals surface area (Å²) < 4.78 is 5.64. The van der Waals surface area contributed by atoms with E-state index < -0.39 is 12.1 Å². The fourth-order valence-electron chi connectivity index (χ4n) is 7.11. The summed E-state index contributed by atoms with van der Waals surface area (Å²) in [5.74, 6) is -1.07. The number of ether oxygens (including phenoxy) is 1. The molecule has 2 amide bonds. The zero-order valence-corrected chi connectivity index (χ0v) is 23.6. The normalized spacial score (nSPS) is 23.3. The van der Waals surface area contributed by atoms with Crippen LogP contribution in [0.2, 0.25) is 5.02 Å². The second kappa shape index (κ2) is 10.2. The van der Waals surface area contributed by atoms with Gasteiger partial charge in [-0.1, -0.05) is 54.1 Å². The highest BCUT2D eigenvalue weighted by atomic mass is 35.5. The van der Waals surface area contributed by atoms with Crippen molar-refractivity contribution in [3.8, 4) is 11.3 Å². The average molecular weight is 579 g/mol. The predicted octanol–water partition coefficient (Wildman–Crippen LogP) is 6.52. The Kier molecular flexibility index (Phi) is 6.43. The molecule has 3 fully saturated rings. The number of carbonyl (C=O) groups is 4. The zero-order chi connectivity index (χ0) is 29.1. The Morgan fingerprint density at radius 2 is 1.62 bits per heavy atom. The van der Waals surface area contributed by atoms with Gasteiger partial charge in [-0.3, -0.25) is 19.3 Å². The van der Waals surface area contributed by atoms with Gasteiger partial charge in [-0.05, 0) is 74.4 Å². The number of pyridine rings is 1. The minimum Gasteiger partial charge on any atom is -0.451 e. The van der Waals surface area contributed by atoms with Crippen LogP contribution in [0.3, 0.4) is 0 Å². The van der Waals surface area contributed by atoms with Crippen LogP contribution in [0, 0.1) is 23.7 Å². The van der Waals surface area contributed by atoms with E-state index in [1.165, 1.54) is 17.9 Å². The lowest BCUT2D eigenvalue weighted by atomic mass is 9.81. The number of aromatic nitrogens is 1. The van der Waals surface area contributed by atoms with E-state index in [0.29, 0.717) is 50.3 Å². The number of anilines is 1. The Morgan fingerprint density at radius 3 is 2.36 bits per heavy atom. The summed E-state index contributed by atoms with van der Waals surface area (Å²) in [4.78, 5) is 59.4. The number of imide groups is 1. The van der Waals surface area contributed by atoms with Crippen LogP contribution in [0.5, 0.6) is 0 Å². The van der Waals surface area contributed by atoms with Crippen LogP contribution < -0.4 is 4.90 Å². The minimum atomic E-state index is -1.04. The molecule has 3 aliphatic rings. The molecular weight excluding hydrogens is 552 g/mol. The molecule has 0 N–H and O–H groups in total. The van der Waals surface area contributed by atoms with Gasteiger partial charge in [0.25, 0.3) is 0 Å². The molecule has 5 atom stereocenters. The standard InChI is InChI=1S/C34H27ClN2O5/c1-18(31(38)22-7-4-8-23(35)15-22)42-34(41)26-17-28(36-27-11-3-2-10-25(26)27)19-6-5-9-24(16-19)37-32(39)29-20-12-13-21(14-20)30(29)33(37)40/h2-11,15-18,20-21,29-30H,12-14H2,1H3/t18-,20-,21+,29+,30+/m1/s1. The highest BCUT2D eigenvalue weighted by Crippen LogP contribution is 2.56. The van der Waals surface area contributed by atoms with Gasteiger partial charge in [0, 0.05) is 21.5 Å². The van der Waals surface area contributed by atoms with Crippen LogP contribution in [0.15, 0.2) is 78.9 Å². The lowest BCUT2D eigenvalue weighted by molar-refractivity contribution is -0.123. The van der Waals surface area contributed by atoms with Crippen molar-refractivity contribution in [1.82, 2.24) is 4.98 Å². The number of hydrogen-bond donors (Lipinski definition) is 0. The van der Waals surface area contributed by atoms with Crippen molar-refractivity contribution in [2.24, 2.45) is 23.7 Å². The fourth-order valence-corrected chi connectivity index (χ4v) is 7.30. The molecule has 2 bridgehead atoms. The van der Waals surface area contributed by atoms with Gasteiger partial charge < -0.3 is 4.74 Å². The SMILES string of the molecule is C[C@@H](OC(=O)c1cc(-c2cccc(N3C(=O)[C@H]4[C@@H]5CC[C@@H](C5)[C@@H]4C3=O)c2)nc2ccccc12)C(=O)c1cccc(Cl)c1. The lowest BCUT2D eigenvalue weighted by Crippen LogP contribution is -2.32. The maximum Gasteiger partial charge on any atom is 0.339 e. The number of carbonyl (C=O) groups excluding carboxylic acids is 4. The third kappa shape index (κ3) is 4.31. The summed E-state index contributed by atoms with van der Waals surface area (Å²) in [6.45, 7) is 1.53. The molecule has 1 saturated heterocycles. The molecule has 4 aromatic rings. The number of rotatable bonds is 6. The summed E-state index contributed by atoms with van der Waals surface area (Å²) >= 11 is 6.04. The minimum absolute atomic E-state index is 0.108. The molecule has 7 rings (SSSR count). The Morgan fingerprint density at radius 1 is 0.905 bits per heavy atom. The third-order valence-electron chi connectivity index (χ3n) is 9.03. The Bertz CT molecular complexity index is 1770. The predicted molar refractivity (Wildman–Crippen MR) is 158 cm³/mol. The van der Waals surface area contributed by atoms with Crippen molar-refractivity contribution in [2.75, 3.05) is 4.90 Å². The van der Waals surface area contributed by atoms with E-state index in [1.54, 1.807) is 60.7 Å². The van der Waals surface area contributed by atoms with Crippen molar-refractivity contribution < 1.29 is 23.9 Å². The summed E-state index contributed by atoms with van der Waals surface area (Å²) in [7, 11) is 0. The van der Waals surface area contributed by atoms with Crippen LogP contribution in [0.1, 0.15) is 46.9 Å². The van der Waals surface area contributed by atoms with Gasteiger partial charge in [0.2, 0.25) is 17.6 Å². The Hall–Kier alpha value is -4.36. The van der Waals surface area contributed by atoms with Crippen molar-refractivity contribution in [1.29, 1.82) is 0 Å². The molecule has 1 aliphatic heterocycles. The van der Waals surface area contributed by atoms with Gasteiger partial charge in [-0.15, -0.1) is 0 Å². The van der Waals surface area contributed by atoms with Gasteiger partial charge >= 0.3 is 5.97 Å². The summed E-state index contributed by atoms with van der Waals surface area (Å²) in [5.41, 5.74) is 2.82. The number of fused-ring (bicyclic) bond motifs is 6. The maximum atomic E-state index is 13.5. The highest BCUT2D eigenvalue weighted by Gasteiger charge is 2.61. The second-order valence-electron chi connectivity index (χ2n) is 11.4. The van der Waals surface area contributed by atoms with E-state index in [9.17, 15) is 19.2 Å². The largest absolute Gasteiger partial charge is 0.451 e. The second-order valence-corrected chi connectivity index (χ2v) is 11.9. The first-order valence-corrected chi connectivity index (χ1v) is 14.6. The van der Waals surface area contributed by atoms with Gasteiger partial charge in [-0.2, -0.15) is 0 Å². The van der Waals surface area contributed by atoms with Crippen LogP contribution in [-0.4, -0.2) is 34.7 Å². The van der Waals surface area contributed by atoms with Gasteiger partial charge in [0.1, 0.15) is 0 Å². The maximum absolute atomic E-state index is 13.5. The molecule has 0 unspecified atom stereocenters. The molecule has 42 heavy (non-hydrogen) atoms. The van der Waals surface area contributed by atoms with Crippen LogP contribution >= 0.6 is 11.6 Å². The van der Waals surface area contributed by atoms with Crippen molar-refractivity contribution in [3.63, 3.8) is 0 Å². The number of amides is 2. The molecule has 3 aromatic carbocycles. The number of Topliss-reactive ketones (excluding diaryl/α,β-unsaturated/α-hetero) is 1. The van der Waals surface area contributed by atoms with Crippen LogP contribution in [0.25, 0.3) is 22.2 Å². The van der Waals surface area contributed by atoms with Crippen LogP contribution in [0.4, 0.5) is 5.69 Å². The number of esters is 1. The number of para-hydroxylation sites is 1. The van der Waals surface area contributed by atoms with E-state index in [2.05, 4.69) is 0 Å². The van der Waals surface area contributed by atoms with Crippen LogP contribution in [-0.2, 0) is 14.3 Å². The molecule has 0 radical (unpaired) electrons. The topological polar surface area (TPSA) is 93.6 Å². The first-order valence-electron chi connectivity index (χ1n) is 14.2. The smallest absolute Gasteiger partial charge is 0.339 e. The van der Waals surface area contributed by atoms with Gasteiger partial charge in [0.15, 0.2) is 6.10 Å². The third-order valence-corrected chi connectivity index (χ3v) is 9.26. The van der Waals surface area contributed by atoms with Crippen molar-refractivity contribution in [2.45, 2.75) is 32.3 Å². The monoisotopic (exact) mass is 578 g/mol. The number of halogens is 1. The fraction of sp³-hybridized carbons (Fsp3) is 0.265. The molecule has 1 aromatic heterocycles. The number of benzene rings is 3. The highest BCUT2D eigenvalue weighted by molar-refractivity contribution is 6.31. The number of ketones is 1. The van der Waals surface area contributed by atoms with E-state index in [-0.39, 0.29) is 35.0 Å². The Labute approximate surface area is 247 Å². The van der Waals surface area contributed by atoms with E-state index >= 15 is 0 Å². The summed E-state index contributed by atoms with van der Waals surface area (Å²) in [5, 5.41) is 0.997. The molecular formula is C34H27ClN2O5. The van der Waals surface area contributed by atoms with E-state index in [0.717, 1.165) is 19.3 Å². The van der Waals surface area contributed by atoms with E-state index in [4.69, 9.17) is 21.3 Å². The van der Waals surface area contributed by atoms with Gasteiger partial charge in [0.05, 0.1) is 34.3 Å². The number of nitrogens with zero attached hydrogens (tertiary/aromatic N) is 2. The summed E-state index contributed by atoms with van der Waals surface area (Å²) in [6.07, 6.45) is 1.96. The van der Waals surface area contributed by atoms with Crippen molar-refractivity contribution >= 4 is 51.8 Å². The quantitative estimate of drug-likeness (QED) is 0.147. The molecule has 7 nitrogen and oxygen atoms in total. The molecule has 0 spiro atoms. The first-order chi connectivity index (χ1) is 20.3. The molecule has 210 valence electrons. The summed E-state index contributed by atoms with van der Waals surface area (Å²) in [6, 6.07) is 22.5.